The molecule has 0 amide bonds. The van der Waals surface area contributed by atoms with Crippen LogP contribution in [0.25, 0.3) is 0 Å². The van der Waals surface area contributed by atoms with Crippen LogP contribution in [0.1, 0.15) is 0 Å². The number of halogens is 4. The van der Waals surface area contributed by atoms with Crippen molar-refractivity contribution in [1.29, 1.82) is 0 Å². The van der Waals surface area contributed by atoms with Gasteiger partial charge in [-0.2, -0.15) is 29.9 Å². The van der Waals surface area contributed by atoms with Gasteiger partial charge in [0.05, 0.1) is 26.4 Å². The molecule has 14 heteroatoms. The SMILES string of the molecule is Clc1nc(Cl)nc(N2CCOCC2)n1.Clc1nc(Cl)nc(N2CCOCC2)n1. The molecule has 0 saturated carbocycles. The molecule has 0 N–H and O–H groups in total. The molecular formula is C14H16Cl4N8O2. The van der Waals surface area contributed by atoms with Gasteiger partial charge in [-0.15, -0.1) is 0 Å². The van der Waals surface area contributed by atoms with E-state index in [4.69, 9.17) is 55.9 Å². The first-order chi connectivity index (χ1) is 13.5. The average molecular weight is 470 g/mol. The second kappa shape index (κ2) is 10.5. The third-order valence-corrected chi connectivity index (χ3v) is 4.40. The molecule has 2 aliphatic rings. The fourth-order valence-electron chi connectivity index (χ4n) is 2.44. The lowest BCUT2D eigenvalue weighted by atomic mass is 10.4. The first-order valence-electron chi connectivity index (χ1n) is 8.31. The summed E-state index contributed by atoms with van der Waals surface area (Å²) in [4.78, 5) is 27.2. The Bertz CT molecular complexity index is 684. The van der Waals surface area contributed by atoms with Gasteiger partial charge >= 0.3 is 0 Å². The molecular weight excluding hydrogens is 454 g/mol. The van der Waals surface area contributed by atoms with Gasteiger partial charge in [-0.1, -0.05) is 0 Å². The number of morpholine rings is 2. The lowest BCUT2D eigenvalue weighted by Gasteiger charge is -2.26. The molecule has 0 radical (unpaired) electrons. The van der Waals surface area contributed by atoms with Crippen molar-refractivity contribution in [3.8, 4) is 0 Å². The lowest BCUT2D eigenvalue weighted by Crippen LogP contribution is -2.37. The second-order valence-corrected chi connectivity index (χ2v) is 6.90. The van der Waals surface area contributed by atoms with Crippen LogP contribution in [0.5, 0.6) is 0 Å². The molecule has 2 aromatic heterocycles. The Balaban J connectivity index is 0.000000161. The molecule has 2 aliphatic heterocycles. The summed E-state index contributed by atoms with van der Waals surface area (Å²) in [6, 6.07) is 0. The minimum atomic E-state index is 0.117. The van der Waals surface area contributed by atoms with E-state index in [1.165, 1.54) is 0 Å². The van der Waals surface area contributed by atoms with Gasteiger partial charge in [0.1, 0.15) is 0 Å². The summed E-state index contributed by atoms with van der Waals surface area (Å²) in [5.41, 5.74) is 0. The van der Waals surface area contributed by atoms with Crippen LogP contribution in [0.2, 0.25) is 21.1 Å². The topological polar surface area (TPSA) is 102 Å². The van der Waals surface area contributed by atoms with Crippen molar-refractivity contribution >= 4 is 58.3 Å². The fourth-order valence-corrected chi connectivity index (χ4v) is 3.15. The molecule has 0 unspecified atom stereocenters. The van der Waals surface area contributed by atoms with Gasteiger partial charge in [0.25, 0.3) is 0 Å². The number of aromatic nitrogens is 6. The van der Waals surface area contributed by atoms with Crippen molar-refractivity contribution in [1.82, 2.24) is 29.9 Å². The van der Waals surface area contributed by atoms with E-state index in [1.807, 2.05) is 9.80 Å². The van der Waals surface area contributed by atoms with Gasteiger partial charge in [0.2, 0.25) is 33.0 Å². The summed E-state index contributed by atoms with van der Waals surface area (Å²) in [5.74, 6) is 1.02. The predicted octanol–water partition coefficient (Wildman–Crippen LogP) is 2.03. The highest BCUT2D eigenvalue weighted by atomic mass is 35.5. The molecule has 2 aromatic rings. The standard InChI is InChI=1S/2C7H8Cl2N4O/c2*8-5-10-6(9)12-7(11-5)13-1-3-14-4-2-13/h2*1-4H2. The molecule has 28 heavy (non-hydrogen) atoms. The number of hydrogen-bond donors (Lipinski definition) is 0. The number of anilines is 2. The first kappa shape index (κ1) is 21.4. The van der Waals surface area contributed by atoms with Gasteiger partial charge in [0.15, 0.2) is 0 Å². The number of ether oxygens (including phenoxy) is 2. The summed E-state index contributed by atoms with van der Waals surface area (Å²) in [5, 5.41) is 0.468. The summed E-state index contributed by atoms with van der Waals surface area (Å²) in [6.07, 6.45) is 0. The second-order valence-electron chi connectivity index (χ2n) is 5.55. The summed E-state index contributed by atoms with van der Waals surface area (Å²) < 4.78 is 10.4. The Morgan fingerprint density at radius 1 is 0.500 bits per heavy atom. The zero-order chi connectivity index (χ0) is 19.9. The molecule has 0 atom stereocenters. The molecule has 4 rings (SSSR count). The van der Waals surface area contributed by atoms with Crippen LogP contribution < -0.4 is 9.80 Å². The van der Waals surface area contributed by atoms with E-state index in [0.29, 0.717) is 38.3 Å². The molecule has 0 spiro atoms. The maximum Gasteiger partial charge on any atom is 0.231 e. The van der Waals surface area contributed by atoms with E-state index in [2.05, 4.69) is 29.9 Å². The zero-order valence-electron chi connectivity index (χ0n) is 14.6. The third-order valence-electron chi connectivity index (χ3n) is 3.73. The van der Waals surface area contributed by atoms with Crippen LogP contribution in [0, 0.1) is 0 Å². The zero-order valence-corrected chi connectivity index (χ0v) is 17.6. The van der Waals surface area contributed by atoms with E-state index in [-0.39, 0.29) is 21.1 Å². The molecule has 152 valence electrons. The van der Waals surface area contributed by atoms with Crippen molar-refractivity contribution < 1.29 is 9.47 Å². The van der Waals surface area contributed by atoms with Crippen LogP contribution in [0.3, 0.4) is 0 Å². The predicted molar refractivity (Wildman–Crippen MR) is 106 cm³/mol. The van der Waals surface area contributed by atoms with Crippen molar-refractivity contribution in [3.05, 3.63) is 21.1 Å². The first-order valence-corrected chi connectivity index (χ1v) is 9.82. The summed E-state index contributed by atoms with van der Waals surface area (Å²) >= 11 is 22.7. The molecule has 2 fully saturated rings. The molecule has 10 nitrogen and oxygen atoms in total. The van der Waals surface area contributed by atoms with Crippen molar-refractivity contribution in [2.24, 2.45) is 0 Å². The smallest absolute Gasteiger partial charge is 0.231 e. The van der Waals surface area contributed by atoms with Crippen LogP contribution >= 0.6 is 46.4 Å². The minimum Gasteiger partial charge on any atom is -0.378 e. The maximum absolute atomic E-state index is 5.66. The van der Waals surface area contributed by atoms with E-state index >= 15 is 0 Å². The highest BCUT2D eigenvalue weighted by Crippen LogP contribution is 2.15. The normalized spacial score (nSPS) is 17.1. The average Bonchev–Trinajstić information content (AvgIpc) is 2.68. The quantitative estimate of drug-likeness (QED) is 0.648. The van der Waals surface area contributed by atoms with Gasteiger partial charge in [0, 0.05) is 26.2 Å². The fraction of sp³-hybridized carbons (Fsp3) is 0.571. The number of rotatable bonds is 2. The maximum atomic E-state index is 5.66. The van der Waals surface area contributed by atoms with Crippen molar-refractivity contribution in [3.63, 3.8) is 0 Å². The summed E-state index contributed by atoms with van der Waals surface area (Å²) in [7, 11) is 0. The van der Waals surface area contributed by atoms with E-state index < -0.39 is 0 Å². The van der Waals surface area contributed by atoms with E-state index in [0.717, 1.165) is 26.2 Å². The molecule has 4 heterocycles. The minimum absolute atomic E-state index is 0.117. The third kappa shape index (κ3) is 6.36. The van der Waals surface area contributed by atoms with Crippen molar-refractivity contribution in [2.75, 3.05) is 62.4 Å². The molecule has 0 aliphatic carbocycles. The highest BCUT2D eigenvalue weighted by molar-refractivity contribution is 6.31. The van der Waals surface area contributed by atoms with Gasteiger partial charge in [-0.05, 0) is 46.4 Å². The monoisotopic (exact) mass is 468 g/mol. The van der Waals surface area contributed by atoms with E-state index in [1.54, 1.807) is 0 Å². The van der Waals surface area contributed by atoms with Crippen LogP contribution in [-0.2, 0) is 9.47 Å². The Morgan fingerprint density at radius 2 is 0.786 bits per heavy atom. The number of hydrogen-bond acceptors (Lipinski definition) is 10. The Kier molecular flexibility index (Phi) is 8.00. The van der Waals surface area contributed by atoms with Crippen LogP contribution in [0.4, 0.5) is 11.9 Å². The Labute approximate surface area is 181 Å². The molecule has 2 saturated heterocycles. The van der Waals surface area contributed by atoms with Crippen LogP contribution in [-0.4, -0.2) is 82.5 Å². The lowest BCUT2D eigenvalue weighted by molar-refractivity contribution is 0.122. The van der Waals surface area contributed by atoms with Crippen molar-refractivity contribution in [2.45, 2.75) is 0 Å². The molecule has 0 bridgehead atoms. The van der Waals surface area contributed by atoms with Gasteiger partial charge in [-0.25, -0.2) is 0 Å². The van der Waals surface area contributed by atoms with Gasteiger partial charge in [-0.3, -0.25) is 0 Å². The highest BCUT2D eigenvalue weighted by Gasteiger charge is 2.16. The summed E-state index contributed by atoms with van der Waals surface area (Å²) in [6.45, 7) is 5.66. The van der Waals surface area contributed by atoms with E-state index in [9.17, 15) is 0 Å². The molecule has 0 aromatic carbocycles. The largest absolute Gasteiger partial charge is 0.378 e. The van der Waals surface area contributed by atoms with Crippen LogP contribution in [0.15, 0.2) is 0 Å². The van der Waals surface area contributed by atoms with Gasteiger partial charge < -0.3 is 19.3 Å². The number of nitrogens with zero attached hydrogens (tertiary/aromatic N) is 8. The Morgan fingerprint density at radius 3 is 1.07 bits per heavy atom. The Hall–Kier alpha value is -1.30.